The maximum absolute atomic E-state index is 13.5. The highest BCUT2D eigenvalue weighted by molar-refractivity contribution is 9.10. The van der Waals surface area contributed by atoms with Crippen molar-refractivity contribution in [1.29, 1.82) is 0 Å². The molecule has 1 atom stereocenters. The molecule has 11 nitrogen and oxygen atoms in total. The Bertz CT molecular complexity index is 1620. The second kappa shape index (κ2) is 11.1. The van der Waals surface area contributed by atoms with E-state index in [1.807, 2.05) is 0 Å². The van der Waals surface area contributed by atoms with E-state index in [0.29, 0.717) is 21.5 Å². The highest BCUT2D eigenvalue weighted by atomic mass is 79.9. The van der Waals surface area contributed by atoms with Crippen LogP contribution in [0.5, 0.6) is 11.5 Å². The number of hydrazone groups is 1. The first-order valence-electron chi connectivity index (χ1n) is 11.7. The number of carbonyl (C=O) groups is 1. The van der Waals surface area contributed by atoms with Crippen molar-refractivity contribution in [3.05, 3.63) is 82.8 Å². The first-order chi connectivity index (χ1) is 18.7. The van der Waals surface area contributed by atoms with Crippen LogP contribution in [0.3, 0.4) is 0 Å². The first kappa shape index (κ1) is 27.3. The van der Waals surface area contributed by atoms with E-state index in [2.05, 4.69) is 26.5 Å². The van der Waals surface area contributed by atoms with Crippen molar-refractivity contribution >= 4 is 48.1 Å². The predicted molar refractivity (Wildman–Crippen MR) is 145 cm³/mol. The Kier molecular flexibility index (Phi) is 7.73. The highest BCUT2D eigenvalue weighted by Gasteiger charge is 2.43. The fraction of sp³-hybridized carbons (Fsp3) is 0.200. The van der Waals surface area contributed by atoms with Crippen molar-refractivity contribution in [3.63, 3.8) is 0 Å². The Morgan fingerprint density at radius 3 is 2.13 bits per heavy atom. The smallest absolute Gasteiger partial charge is 0.259 e. The molecule has 14 heteroatoms. The summed E-state index contributed by atoms with van der Waals surface area (Å²) in [7, 11) is -8.09. The van der Waals surface area contributed by atoms with Gasteiger partial charge in [-0.1, -0.05) is 36.4 Å². The fourth-order valence-electron chi connectivity index (χ4n) is 4.20. The van der Waals surface area contributed by atoms with Crippen molar-refractivity contribution in [2.75, 3.05) is 26.4 Å². The third kappa shape index (κ3) is 5.56. The number of halogens is 1. The molecule has 5 rings (SSSR count). The summed E-state index contributed by atoms with van der Waals surface area (Å²) < 4.78 is 67.0. The van der Waals surface area contributed by atoms with Gasteiger partial charge in [-0.15, -0.1) is 0 Å². The van der Waals surface area contributed by atoms with Gasteiger partial charge in [-0.2, -0.15) is 13.7 Å². The van der Waals surface area contributed by atoms with E-state index >= 15 is 0 Å². The Morgan fingerprint density at radius 2 is 1.49 bits per heavy atom. The van der Waals surface area contributed by atoms with Crippen LogP contribution in [0.2, 0.25) is 0 Å². The minimum absolute atomic E-state index is 0.00467. The van der Waals surface area contributed by atoms with E-state index in [-0.39, 0.29) is 29.7 Å². The van der Waals surface area contributed by atoms with Crippen molar-refractivity contribution < 1.29 is 31.1 Å². The lowest BCUT2D eigenvalue weighted by Gasteiger charge is -2.38. The molecule has 0 unspecified atom stereocenters. The Hall–Kier alpha value is -3.30. The molecule has 1 saturated heterocycles. The molecule has 3 aromatic rings. The Balaban J connectivity index is 1.42. The molecule has 204 valence electrons. The molecule has 0 bridgehead atoms. The van der Waals surface area contributed by atoms with Gasteiger partial charge < -0.3 is 9.47 Å². The van der Waals surface area contributed by atoms with Gasteiger partial charge in [-0.05, 0) is 52.3 Å². The Morgan fingerprint density at radius 1 is 0.897 bits per heavy atom. The topological polar surface area (TPSA) is 135 Å². The molecule has 39 heavy (non-hydrogen) atoms. The van der Waals surface area contributed by atoms with Crippen LogP contribution in [-0.2, 0) is 24.8 Å². The van der Waals surface area contributed by atoms with Gasteiger partial charge in [0.2, 0.25) is 26.8 Å². The van der Waals surface area contributed by atoms with Crippen LogP contribution in [-0.4, -0.2) is 70.0 Å². The maximum Gasteiger partial charge on any atom is 0.259 e. The molecular weight excluding hydrogens is 612 g/mol. The van der Waals surface area contributed by atoms with E-state index in [1.165, 1.54) is 30.5 Å². The molecule has 0 aliphatic carbocycles. The van der Waals surface area contributed by atoms with E-state index in [4.69, 9.17) is 9.47 Å². The molecule has 2 heterocycles. The zero-order valence-electron chi connectivity index (χ0n) is 20.3. The van der Waals surface area contributed by atoms with E-state index in [0.717, 1.165) is 8.61 Å². The minimum atomic E-state index is -4.12. The number of fused-ring (bicyclic) bond motifs is 1. The van der Waals surface area contributed by atoms with Gasteiger partial charge in [0.1, 0.15) is 6.04 Å². The minimum Gasteiger partial charge on any atom is -0.454 e. The van der Waals surface area contributed by atoms with E-state index in [9.17, 15) is 21.6 Å². The van der Waals surface area contributed by atoms with E-state index < -0.39 is 38.5 Å². The quantitative estimate of drug-likeness (QED) is 0.311. The number of benzene rings is 3. The van der Waals surface area contributed by atoms with Crippen molar-refractivity contribution in [1.82, 2.24) is 14.0 Å². The lowest BCUT2D eigenvalue weighted by atomic mass is 10.2. The molecule has 0 spiro atoms. The maximum atomic E-state index is 13.5. The fourth-order valence-corrected chi connectivity index (χ4v) is 7.68. The van der Waals surface area contributed by atoms with Crippen molar-refractivity contribution in [3.8, 4) is 11.5 Å². The summed E-state index contributed by atoms with van der Waals surface area (Å²) >= 11 is 3.41. The molecule has 1 amide bonds. The monoisotopic (exact) mass is 634 g/mol. The molecule has 3 aromatic carbocycles. The number of sulfonamides is 2. The number of rotatable bonds is 7. The van der Waals surface area contributed by atoms with Gasteiger partial charge >= 0.3 is 0 Å². The normalized spacial score (nSPS) is 18.3. The lowest BCUT2D eigenvalue weighted by molar-refractivity contribution is -0.125. The molecule has 2 aliphatic heterocycles. The lowest BCUT2D eigenvalue weighted by Crippen LogP contribution is -2.60. The molecule has 2 aliphatic rings. The van der Waals surface area contributed by atoms with Gasteiger partial charge in [-0.3, -0.25) is 4.79 Å². The van der Waals surface area contributed by atoms with Crippen LogP contribution in [0, 0.1) is 0 Å². The highest BCUT2D eigenvalue weighted by Crippen LogP contribution is 2.36. The average Bonchev–Trinajstić information content (AvgIpc) is 3.40. The summed E-state index contributed by atoms with van der Waals surface area (Å²) in [5.74, 6) is 0.294. The third-order valence-corrected chi connectivity index (χ3v) is 10.7. The summed E-state index contributed by atoms with van der Waals surface area (Å²) in [6, 6.07) is 17.4. The SMILES string of the molecule is O=C(N/N=C\c1cc2c(cc1Br)OCO2)[C@H]1CN(S(=O)(=O)c2ccccc2)CCN1S(=O)(=O)c1ccccc1. The van der Waals surface area contributed by atoms with Crippen LogP contribution >= 0.6 is 15.9 Å². The summed E-state index contributed by atoms with van der Waals surface area (Å²) in [4.78, 5) is 13.4. The molecule has 0 saturated carbocycles. The predicted octanol–water partition coefficient (Wildman–Crippen LogP) is 2.39. The van der Waals surface area contributed by atoms with Gasteiger partial charge in [0.05, 0.1) is 16.0 Å². The van der Waals surface area contributed by atoms with Crippen LogP contribution < -0.4 is 14.9 Å². The van der Waals surface area contributed by atoms with Gasteiger partial charge in [0, 0.05) is 29.7 Å². The third-order valence-electron chi connectivity index (χ3n) is 6.20. The van der Waals surface area contributed by atoms with Gasteiger partial charge in [0.25, 0.3) is 5.91 Å². The number of nitrogens with zero attached hydrogens (tertiary/aromatic N) is 3. The number of nitrogens with one attached hydrogen (secondary N) is 1. The average molecular weight is 636 g/mol. The second-order valence-electron chi connectivity index (χ2n) is 8.58. The second-order valence-corrected chi connectivity index (χ2v) is 13.3. The van der Waals surface area contributed by atoms with Crippen LogP contribution in [0.15, 0.2) is 92.2 Å². The summed E-state index contributed by atoms with van der Waals surface area (Å²) in [5.41, 5.74) is 2.95. The van der Waals surface area contributed by atoms with Gasteiger partial charge in [0.15, 0.2) is 11.5 Å². The van der Waals surface area contributed by atoms with Gasteiger partial charge in [-0.25, -0.2) is 22.3 Å². The number of piperazine rings is 1. The molecular formula is C25H23BrN4O7S2. The number of hydrogen-bond donors (Lipinski definition) is 1. The zero-order valence-corrected chi connectivity index (χ0v) is 23.5. The zero-order chi connectivity index (χ0) is 27.6. The van der Waals surface area contributed by atoms with Crippen LogP contribution in [0.25, 0.3) is 0 Å². The first-order valence-corrected chi connectivity index (χ1v) is 15.4. The van der Waals surface area contributed by atoms with Crippen LogP contribution in [0.4, 0.5) is 0 Å². The number of ether oxygens (including phenoxy) is 2. The summed E-state index contributed by atoms with van der Waals surface area (Å²) in [5, 5.41) is 4.00. The number of carbonyl (C=O) groups excluding carboxylic acids is 1. The Labute approximate surface area is 234 Å². The van der Waals surface area contributed by atoms with Crippen molar-refractivity contribution in [2.24, 2.45) is 5.10 Å². The van der Waals surface area contributed by atoms with Crippen molar-refractivity contribution in [2.45, 2.75) is 15.8 Å². The molecule has 0 radical (unpaired) electrons. The molecule has 1 N–H and O–H groups in total. The molecule has 1 fully saturated rings. The largest absolute Gasteiger partial charge is 0.454 e. The summed E-state index contributed by atoms with van der Waals surface area (Å²) in [6.45, 7) is -0.646. The van der Waals surface area contributed by atoms with E-state index in [1.54, 1.807) is 48.5 Å². The number of amides is 1. The number of hydrogen-bond acceptors (Lipinski definition) is 8. The summed E-state index contributed by atoms with van der Waals surface area (Å²) in [6.07, 6.45) is 1.36. The van der Waals surface area contributed by atoms with Crippen LogP contribution in [0.1, 0.15) is 5.56 Å². The molecule has 0 aromatic heterocycles. The standard InChI is InChI=1S/C25H23BrN4O7S2/c26-21-14-24-23(36-17-37-24)13-18(21)15-27-28-25(31)22-16-29(38(32,33)19-7-3-1-4-8-19)11-12-30(22)39(34,35)20-9-5-2-6-10-20/h1-10,13-15,22H,11-12,16-17H2,(H,28,31)/b27-15-/t22-/m1/s1.